The van der Waals surface area contributed by atoms with Crippen molar-refractivity contribution in [2.75, 3.05) is 25.6 Å². The van der Waals surface area contributed by atoms with Gasteiger partial charge >= 0.3 is 12.1 Å². The molecule has 8 heteroatoms. The maximum absolute atomic E-state index is 12.4. The second kappa shape index (κ2) is 5.65. The summed E-state index contributed by atoms with van der Waals surface area (Å²) in [7, 11) is 2.74. The van der Waals surface area contributed by atoms with Crippen molar-refractivity contribution < 1.29 is 22.7 Å². The number of anilines is 1. The monoisotopic (exact) mass is 263 g/mol. The van der Waals surface area contributed by atoms with E-state index in [-0.39, 0.29) is 18.9 Å². The smallest absolute Gasteiger partial charge is 0.433 e. The number of rotatable bonds is 4. The van der Waals surface area contributed by atoms with Crippen LogP contribution >= 0.6 is 0 Å². The molecule has 0 aliphatic carbocycles. The third kappa shape index (κ3) is 3.86. The van der Waals surface area contributed by atoms with Gasteiger partial charge in [-0.1, -0.05) is 0 Å². The zero-order chi connectivity index (χ0) is 13.8. The van der Waals surface area contributed by atoms with E-state index in [9.17, 15) is 18.0 Å². The quantitative estimate of drug-likeness (QED) is 0.770. The SMILES string of the molecule is COC(=O)CCN(C)c1nccc(C(F)(F)F)n1. The molecule has 0 spiro atoms. The van der Waals surface area contributed by atoms with Gasteiger partial charge < -0.3 is 9.64 Å². The van der Waals surface area contributed by atoms with Crippen molar-refractivity contribution in [3.05, 3.63) is 18.0 Å². The summed E-state index contributed by atoms with van der Waals surface area (Å²) in [5.41, 5.74) is -1.02. The van der Waals surface area contributed by atoms with Crippen molar-refractivity contribution in [3.63, 3.8) is 0 Å². The number of methoxy groups -OCH3 is 1. The number of ether oxygens (including phenoxy) is 1. The summed E-state index contributed by atoms with van der Waals surface area (Å²) in [4.78, 5) is 19.4. The number of alkyl halides is 3. The lowest BCUT2D eigenvalue weighted by Gasteiger charge is -2.17. The van der Waals surface area contributed by atoms with Crippen LogP contribution in [0.1, 0.15) is 12.1 Å². The van der Waals surface area contributed by atoms with E-state index in [1.165, 1.54) is 19.1 Å². The molecule has 0 aromatic carbocycles. The van der Waals surface area contributed by atoms with Crippen LogP contribution in [-0.2, 0) is 15.7 Å². The third-order valence-corrected chi connectivity index (χ3v) is 2.15. The number of nitrogens with zero attached hydrogens (tertiary/aromatic N) is 3. The molecule has 1 aromatic heterocycles. The maximum atomic E-state index is 12.4. The molecular formula is C10H12F3N3O2. The highest BCUT2D eigenvalue weighted by molar-refractivity contribution is 5.69. The Kier molecular flexibility index (Phi) is 4.46. The Balaban J connectivity index is 2.74. The standard InChI is InChI=1S/C10H12F3N3O2/c1-16(6-4-8(17)18-2)9-14-5-3-7(15-9)10(11,12)13/h3,5H,4,6H2,1-2H3. The summed E-state index contributed by atoms with van der Waals surface area (Å²) in [6, 6.07) is 0.789. The number of hydrogen-bond acceptors (Lipinski definition) is 5. The van der Waals surface area contributed by atoms with Crippen molar-refractivity contribution >= 4 is 11.9 Å². The summed E-state index contributed by atoms with van der Waals surface area (Å²) in [6.45, 7) is 0.175. The van der Waals surface area contributed by atoms with E-state index < -0.39 is 17.8 Å². The van der Waals surface area contributed by atoms with Crippen LogP contribution in [0.25, 0.3) is 0 Å². The van der Waals surface area contributed by atoms with Gasteiger partial charge in [-0.25, -0.2) is 9.97 Å². The number of halogens is 3. The molecule has 0 fully saturated rings. The predicted octanol–water partition coefficient (Wildman–Crippen LogP) is 1.49. The van der Waals surface area contributed by atoms with E-state index in [1.54, 1.807) is 0 Å². The fraction of sp³-hybridized carbons (Fsp3) is 0.500. The van der Waals surface area contributed by atoms with E-state index >= 15 is 0 Å². The lowest BCUT2D eigenvalue weighted by atomic mass is 10.4. The Bertz CT molecular complexity index is 423. The fourth-order valence-electron chi connectivity index (χ4n) is 1.15. The second-order valence-corrected chi connectivity index (χ2v) is 3.49. The minimum atomic E-state index is -4.51. The Morgan fingerprint density at radius 2 is 2.17 bits per heavy atom. The Hall–Kier alpha value is -1.86. The molecular weight excluding hydrogens is 251 g/mol. The number of carbonyl (C=O) groups excluding carboxylic acids is 1. The lowest BCUT2D eigenvalue weighted by molar-refractivity contribution is -0.141. The van der Waals surface area contributed by atoms with Crippen LogP contribution in [0.5, 0.6) is 0 Å². The number of esters is 1. The largest absolute Gasteiger partial charge is 0.469 e. The molecule has 0 aliphatic rings. The number of hydrogen-bond donors (Lipinski definition) is 0. The van der Waals surface area contributed by atoms with E-state index in [0.717, 1.165) is 12.3 Å². The molecule has 0 saturated carbocycles. The molecule has 100 valence electrons. The average Bonchev–Trinajstić information content (AvgIpc) is 2.34. The van der Waals surface area contributed by atoms with Crippen LogP contribution in [0.3, 0.4) is 0 Å². The van der Waals surface area contributed by atoms with Crippen LogP contribution in [0.2, 0.25) is 0 Å². The van der Waals surface area contributed by atoms with Crippen LogP contribution in [-0.4, -0.2) is 36.6 Å². The van der Waals surface area contributed by atoms with Crippen molar-refractivity contribution in [2.24, 2.45) is 0 Å². The molecule has 0 amide bonds. The highest BCUT2D eigenvalue weighted by Gasteiger charge is 2.33. The summed E-state index contributed by atoms with van der Waals surface area (Å²) < 4.78 is 41.7. The highest BCUT2D eigenvalue weighted by Crippen LogP contribution is 2.27. The topological polar surface area (TPSA) is 55.3 Å². The van der Waals surface area contributed by atoms with Crippen molar-refractivity contribution in [3.8, 4) is 0 Å². The second-order valence-electron chi connectivity index (χ2n) is 3.49. The van der Waals surface area contributed by atoms with Gasteiger partial charge in [0.15, 0.2) is 0 Å². The van der Waals surface area contributed by atoms with E-state index in [4.69, 9.17) is 0 Å². The first kappa shape index (κ1) is 14.2. The molecule has 0 N–H and O–H groups in total. The van der Waals surface area contributed by atoms with Gasteiger partial charge in [0.25, 0.3) is 0 Å². The lowest BCUT2D eigenvalue weighted by Crippen LogP contribution is -2.24. The van der Waals surface area contributed by atoms with Crippen LogP contribution in [0, 0.1) is 0 Å². The minimum Gasteiger partial charge on any atom is -0.469 e. The van der Waals surface area contributed by atoms with Gasteiger partial charge in [0.2, 0.25) is 5.95 Å². The molecule has 5 nitrogen and oxygen atoms in total. The van der Waals surface area contributed by atoms with Gasteiger partial charge in [0.1, 0.15) is 5.69 Å². The minimum absolute atomic E-state index is 0.0482. The summed E-state index contributed by atoms with van der Waals surface area (Å²) in [6.07, 6.45) is -3.44. The first-order chi connectivity index (χ1) is 8.34. The summed E-state index contributed by atoms with van der Waals surface area (Å²) in [5, 5.41) is 0. The Labute approximate surface area is 102 Å². The van der Waals surface area contributed by atoms with Gasteiger partial charge in [0, 0.05) is 19.8 Å². The number of carbonyl (C=O) groups is 1. The molecule has 0 unspecified atom stereocenters. The van der Waals surface area contributed by atoms with E-state index in [1.807, 2.05) is 0 Å². The van der Waals surface area contributed by atoms with Crippen molar-refractivity contribution in [2.45, 2.75) is 12.6 Å². The normalized spacial score (nSPS) is 11.2. The van der Waals surface area contributed by atoms with Gasteiger partial charge in [-0.15, -0.1) is 0 Å². The molecule has 0 bridgehead atoms. The maximum Gasteiger partial charge on any atom is 0.433 e. The van der Waals surface area contributed by atoms with E-state index in [2.05, 4.69) is 14.7 Å². The molecule has 18 heavy (non-hydrogen) atoms. The van der Waals surface area contributed by atoms with Crippen LogP contribution in [0.15, 0.2) is 12.3 Å². The van der Waals surface area contributed by atoms with Gasteiger partial charge in [-0.05, 0) is 6.07 Å². The molecule has 0 radical (unpaired) electrons. The zero-order valence-corrected chi connectivity index (χ0v) is 9.86. The highest BCUT2D eigenvalue weighted by atomic mass is 19.4. The van der Waals surface area contributed by atoms with Crippen molar-refractivity contribution in [1.29, 1.82) is 0 Å². The van der Waals surface area contributed by atoms with Gasteiger partial charge in [-0.2, -0.15) is 13.2 Å². The zero-order valence-electron chi connectivity index (χ0n) is 9.86. The molecule has 0 saturated heterocycles. The van der Waals surface area contributed by atoms with Gasteiger partial charge in [0.05, 0.1) is 13.5 Å². The average molecular weight is 263 g/mol. The third-order valence-electron chi connectivity index (χ3n) is 2.15. The molecule has 1 rings (SSSR count). The molecule has 1 heterocycles. The number of aromatic nitrogens is 2. The van der Waals surface area contributed by atoms with Gasteiger partial charge in [-0.3, -0.25) is 4.79 Å². The molecule has 0 aliphatic heterocycles. The summed E-state index contributed by atoms with van der Waals surface area (Å²) >= 11 is 0. The first-order valence-corrected chi connectivity index (χ1v) is 5.03. The first-order valence-electron chi connectivity index (χ1n) is 5.03. The molecule has 1 aromatic rings. The summed E-state index contributed by atoms with van der Waals surface area (Å²) in [5.74, 6) is -0.539. The Morgan fingerprint density at radius 3 is 2.72 bits per heavy atom. The Morgan fingerprint density at radius 1 is 1.50 bits per heavy atom. The van der Waals surface area contributed by atoms with Crippen molar-refractivity contribution in [1.82, 2.24) is 9.97 Å². The fourth-order valence-corrected chi connectivity index (χ4v) is 1.15. The van der Waals surface area contributed by atoms with Crippen LogP contribution < -0.4 is 4.90 Å². The van der Waals surface area contributed by atoms with E-state index in [0.29, 0.717) is 0 Å². The molecule has 0 atom stereocenters. The predicted molar refractivity (Wildman–Crippen MR) is 56.9 cm³/mol. The van der Waals surface area contributed by atoms with Crippen LogP contribution in [0.4, 0.5) is 19.1 Å².